The minimum atomic E-state index is -0.408. The summed E-state index contributed by atoms with van der Waals surface area (Å²) in [5.41, 5.74) is 12.0. The van der Waals surface area contributed by atoms with Gasteiger partial charge in [-0.25, -0.2) is 8.78 Å². The lowest BCUT2D eigenvalue weighted by atomic mass is 10.0. The van der Waals surface area contributed by atoms with Crippen molar-refractivity contribution >= 4 is 11.7 Å². The second-order valence-electron chi connectivity index (χ2n) is 8.32. The number of aryl methyl sites for hydroxylation is 1. The summed E-state index contributed by atoms with van der Waals surface area (Å²) in [5, 5.41) is 0. The van der Waals surface area contributed by atoms with Crippen molar-refractivity contribution in [3.8, 4) is 22.7 Å². The van der Waals surface area contributed by atoms with E-state index >= 15 is 0 Å². The Hall–Kier alpha value is -4.13. The number of halogens is 2. The van der Waals surface area contributed by atoms with E-state index in [1.807, 2.05) is 42.7 Å². The van der Waals surface area contributed by atoms with E-state index in [1.165, 1.54) is 31.4 Å². The second kappa shape index (κ2) is 10.0. The van der Waals surface area contributed by atoms with E-state index in [-0.39, 0.29) is 24.8 Å². The van der Waals surface area contributed by atoms with Crippen LogP contribution in [0.2, 0.25) is 0 Å². The molecule has 0 aliphatic carbocycles. The number of carbonyl (C=O) groups is 1. The second-order valence-corrected chi connectivity index (χ2v) is 8.32. The molecule has 5 nitrogen and oxygen atoms in total. The molecule has 4 rings (SSSR count). The maximum Gasteiger partial charge on any atom is 0.309 e. The van der Waals surface area contributed by atoms with Gasteiger partial charge < -0.3 is 19.8 Å². The van der Waals surface area contributed by atoms with E-state index in [9.17, 15) is 13.6 Å². The fourth-order valence-electron chi connectivity index (χ4n) is 3.98. The van der Waals surface area contributed by atoms with Gasteiger partial charge in [0.15, 0.2) is 0 Å². The Morgan fingerprint density at radius 1 is 0.943 bits per heavy atom. The molecule has 0 fully saturated rings. The molecule has 7 heteroatoms. The van der Waals surface area contributed by atoms with Crippen molar-refractivity contribution in [3.05, 3.63) is 101 Å². The van der Waals surface area contributed by atoms with Crippen LogP contribution < -0.4 is 10.5 Å². The number of aromatic nitrogens is 1. The van der Waals surface area contributed by atoms with E-state index in [4.69, 9.17) is 15.2 Å². The monoisotopic (exact) mass is 476 g/mol. The van der Waals surface area contributed by atoms with Gasteiger partial charge in [-0.15, -0.1) is 0 Å². The maximum absolute atomic E-state index is 14.4. The average molecular weight is 477 g/mol. The van der Waals surface area contributed by atoms with Crippen molar-refractivity contribution in [2.45, 2.75) is 26.9 Å². The average Bonchev–Trinajstić information content (AvgIpc) is 3.23. The van der Waals surface area contributed by atoms with Crippen LogP contribution in [0.5, 0.6) is 5.75 Å². The van der Waals surface area contributed by atoms with Gasteiger partial charge in [-0.2, -0.15) is 0 Å². The topological polar surface area (TPSA) is 66.5 Å². The highest BCUT2D eigenvalue weighted by Crippen LogP contribution is 2.36. The number of hydrogen-bond donors (Lipinski definition) is 1. The van der Waals surface area contributed by atoms with Crippen LogP contribution in [0.3, 0.4) is 0 Å². The first-order valence-electron chi connectivity index (χ1n) is 11.1. The zero-order chi connectivity index (χ0) is 25.1. The van der Waals surface area contributed by atoms with Crippen LogP contribution in [0, 0.1) is 25.5 Å². The lowest BCUT2D eigenvalue weighted by Gasteiger charge is -2.18. The van der Waals surface area contributed by atoms with Crippen LogP contribution in [0.4, 0.5) is 14.5 Å². The van der Waals surface area contributed by atoms with Gasteiger partial charge in [-0.3, -0.25) is 4.79 Å². The zero-order valence-corrected chi connectivity index (χ0v) is 19.8. The predicted molar refractivity (Wildman–Crippen MR) is 132 cm³/mol. The smallest absolute Gasteiger partial charge is 0.309 e. The molecule has 2 N–H and O–H groups in total. The van der Waals surface area contributed by atoms with E-state index in [2.05, 4.69) is 0 Å². The summed E-state index contributed by atoms with van der Waals surface area (Å²) in [5.74, 6) is -0.622. The third kappa shape index (κ3) is 5.19. The van der Waals surface area contributed by atoms with Gasteiger partial charge in [0.05, 0.1) is 19.2 Å². The number of benzene rings is 3. The number of nitrogens with zero attached hydrogens (tertiary/aromatic N) is 1. The number of rotatable bonds is 7. The highest BCUT2D eigenvalue weighted by Gasteiger charge is 2.18. The van der Waals surface area contributed by atoms with Crippen LogP contribution in [-0.4, -0.2) is 17.6 Å². The van der Waals surface area contributed by atoms with E-state index in [1.54, 1.807) is 18.2 Å². The van der Waals surface area contributed by atoms with Gasteiger partial charge in [0, 0.05) is 22.6 Å². The predicted octanol–water partition coefficient (Wildman–Crippen LogP) is 5.92. The molecule has 0 unspecified atom stereocenters. The van der Waals surface area contributed by atoms with E-state index in [0.717, 1.165) is 28.1 Å². The molecule has 1 heterocycles. The van der Waals surface area contributed by atoms with Gasteiger partial charge in [-0.1, -0.05) is 12.1 Å². The minimum absolute atomic E-state index is 0.0853. The highest BCUT2D eigenvalue weighted by atomic mass is 19.1. The Bertz CT molecular complexity index is 1380. The molecule has 0 aliphatic rings. The summed E-state index contributed by atoms with van der Waals surface area (Å²) in [7, 11) is 1.34. The number of esters is 1. The van der Waals surface area contributed by atoms with Gasteiger partial charge in [0.1, 0.15) is 24.0 Å². The number of methoxy groups -OCH3 is 1. The molecule has 0 bridgehead atoms. The Kier molecular flexibility index (Phi) is 6.87. The number of nitrogens with two attached hydrogens (primary N) is 1. The maximum atomic E-state index is 14.4. The third-order valence-electron chi connectivity index (χ3n) is 5.96. The van der Waals surface area contributed by atoms with Crippen LogP contribution in [0.1, 0.15) is 22.4 Å². The van der Waals surface area contributed by atoms with Crippen molar-refractivity contribution in [3.63, 3.8) is 0 Å². The molecule has 0 saturated heterocycles. The molecule has 0 saturated carbocycles. The lowest BCUT2D eigenvalue weighted by Crippen LogP contribution is -2.09. The number of ether oxygens (including phenoxy) is 2. The van der Waals surface area contributed by atoms with Crippen molar-refractivity contribution in [1.82, 2.24) is 4.57 Å². The van der Waals surface area contributed by atoms with Crippen LogP contribution in [0.25, 0.3) is 16.9 Å². The van der Waals surface area contributed by atoms with Crippen LogP contribution in [0.15, 0.2) is 66.7 Å². The molecule has 35 heavy (non-hydrogen) atoms. The van der Waals surface area contributed by atoms with Gasteiger partial charge >= 0.3 is 5.97 Å². The molecule has 1 aromatic heterocycles. The fourth-order valence-corrected chi connectivity index (χ4v) is 3.98. The number of nitrogen functional groups attached to an aromatic ring is 1. The summed E-state index contributed by atoms with van der Waals surface area (Å²) in [6, 6.07) is 17.9. The normalized spacial score (nSPS) is 10.9. The highest BCUT2D eigenvalue weighted by molar-refractivity contribution is 5.76. The van der Waals surface area contributed by atoms with Gasteiger partial charge in [0.25, 0.3) is 0 Å². The number of hydrogen-bond acceptors (Lipinski definition) is 4. The van der Waals surface area contributed by atoms with Crippen molar-refractivity contribution in [2.24, 2.45) is 0 Å². The third-order valence-corrected chi connectivity index (χ3v) is 5.96. The summed E-state index contributed by atoms with van der Waals surface area (Å²) >= 11 is 0. The van der Waals surface area contributed by atoms with Crippen LogP contribution in [-0.2, 0) is 22.6 Å². The quantitative estimate of drug-likeness (QED) is 0.266. The van der Waals surface area contributed by atoms with E-state index < -0.39 is 5.82 Å². The summed E-state index contributed by atoms with van der Waals surface area (Å²) < 4.78 is 40.4. The molecule has 180 valence electrons. The summed E-state index contributed by atoms with van der Waals surface area (Å²) in [6.45, 7) is 3.98. The number of carbonyl (C=O) groups excluding carboxylic acids is 1. The van der Waals surface area contributed by atoms with Crippen molar-refractivity contribution in [2.75, 3.05) is 12.8 Å². The van der Waals surface area contributed by atoms with Gasteiger partial charge in [0.2, 0.25) is 0 Å². The standard InChI is InChI=1S/C28H26F2N2O3/c1-17-4-10-26(32(17)23-12-20(13-28(33)34-3)18(2)25(31)15-23)24-14-22(30)9-11-27(24)35-16-19-5-7-21(29)8-6-19/h4-12,14-15H,13,16,31H2,1-3H3. The Balaban J connectivity index is 1.77. The number of anilines is 1. The zero-order valence-electron chi connectivity index (χ0n) is 19.8. The van der Waals surface area contributed by atoms with Crippen molar-refractivity contribution < 1.29 is 23.0 Å². The fraction of sp³-hybridized carbons (Fsp3) is 0.179. The summed E-state index contributed by atoms with van der Waals surface area (Å²) in [6.07, 6.45) is 0.0853. The Labute approximate surface area is 202 Å². The molecule has 0 spiro atoms. The molecule has 0 atom stereocenters. The first kappa shape index (κ1) is 24.0. The molecule has 4 aromatic rings. The Morgan fingerprint density at radius 3 is 2.37 bits per heavy atom. The van der Waals surface area contributed by atoms with E-state index in [0.29, 0.717) is 22.7 Å². The largest absolute Gasteiger partial charge is 0.488 e. The lowest BCUT2D eigenvalue weighted by molar-refractivity contribution is -0.139. The molecule has 0 radical (unpaired) electrons. The molecule has 0 amide bonds. The minimum Gasteiger partial charge on any atom is -0.488 e. The van der Waals surface area contributed by atoms with Gasteiger partial charge in [-0.05, 0) is 85.1 Å². The molecular formula is C28H26F2N2O3. The SMILES string of the molecule is COC(=O)Cc1cc(-n2c(C)ccc2-c2cc(F)ccc2OCc2ccc(F)cc2)cc(N)c1C. The summed E-state index contributed by atoms with van der Waals surface area (Å²) in [4.78, 5) is 11.9. The first-order valence-corrected chi connectivity index (χ1v) is 11.1. The molecular weight excluding hydrogens is 450 g/mol. The van der Waals surface area contributed by atoms with Crippen LogP contribution >= 0.6 is 0 Å². The Morgan fingerprint density at radius 2 is 1.66 bits per heavy atom. The van der Waals surface area contributed by atoms with Crippen molar-refractivity contribution in [1.29, 1.82) is 0 Å². The molecule has 0 aliphatic heterocycles. The first-order chi connectivity index (χ1) is 16.8. The molecule has 3 aromatic carbocycles.